The minimum atomic E-state index is -3.61. The molecule has 0 atom stereocenters. The first-order valence-corrected chi connectivity index (χ1v) is 12.5. The minimum Gasteiger partial charge on any atom is -0.484 e. The van der Waals surface area contributed by atoms with Gasteiger partial charge in [-0.3, -0.25) is 9.10 Å². The van der Waals surface area contributed by atoms with Crippen molar-refractivity contribution in [3.8, 4) is 5.75 Å². The lowest BCUT2D eigenvalue weighted by Gasteiger charge is -2.18. The van der Waals surface area contributed by atoms with Gasteiger partial charge in [-0.2, -0.15) is 0 Å². The number of nitrogens with one attached hydrogen (secondary N) is 1. The van der Waals surface area contributed by atoms with Crippen molar-refractivity contribution in [2.24, 2.45) is 0 Å². The van der Waals surface area contributed by atoms with E-state index >= 15 is 0 Å². The highest BCUT2D eigenvalue weighted by Crippen LogP contribution is 2.27. The van der Waals surface area contributed by atoms with Crippen LogP contribution < -0.4 is 14.4 Å². The molecule has 0 spiro atoms. The number of sulfonamides is 1. The van der Waals surface area contributed by atoms with Gasteiger partial charge < -0.3 is 14.5 Å². The second-order valence-electron chi connectivity index (χ2n) is 7.62. The second-order valence-corrected chi connectivity index (χ2v) is 10.8. The quantitative estimate of drug-likeness (QED) is 0.383. The fourth-order valence-corrected chi connectivity index (χ4v) is 5.41. The highest BCUT2D eigenvalue weighted by atomic mass is 32.2. The summed E-state index contributed by atoms with van der Waals surface area (Å²) in [6.07, 6.45) is 0. The second kappa shape index (κ2) is 9.24. The van der Waals surface area contributed by atoms with Crippen LogP contribution in [-0.4, -0.2) is 33.0 Å². The van der Waals surface area contributed by atoms with E-state index in [4.69, 9.17) is 9.15 Å². The molecule has 10 heteroatoms. The molecule has 0 radical (unpaired) electrons. The molecule has 4 aromatic rings. The molecule has 0 unspecified atom stereocenters. The Bertz CT molecular complexity index is 1360. The molecule has 1 amide bonds. The Morgan fingerprint density at radius 3 is 2.61 bits per heavy atom. The van der Waals surface area contributed by atoms with E-state index in [0.717, 1.165) is 11.3 Å². The zero-order valence-corrected chi connectivity index (χ0v) is 19.9. The first-order chi connectivity index (χ1) is 15.7. The highest BCUT2D eigenvalue weighted by Gasteiger charge is 2.22. The van der Waals surface area contributed by atoms with Gasteiger partial charge >= 0.3 is 0 Å². The van der Waals surface area contributed by atoms with Gasteiger partial charge in [-0.1, -0.05) is 19.9 Å². The topological polar surface area (TPSA) is 102 Å². The minimum absolute atomic E-state index is 0.172. The third-order valence-electron chi connectivity index (χ3n) is 4.86. The first kappa shape index (κ1) is 22.8. The van der Waals surface area contributed by atoms with Crippen LogP contribution in [0, 0.1) is 0 Å². The fraction of sp³-hybridized carbons (Fsp3) is 0.217. The van der Waals surface area contributed by atoms with Gasteiger partial charge in [-0.25, -0.2) is 13.4 Å². The number of carbonyl (C=O) groups is 1. The number of thiophene rings is 1. The maximum absolute atomic E-state index is 12.6. The van der Waals surface area contributed by atoms with Gasteiger partial charge in [0.15, 0.2) is 18.1 Å². The lowest BCUT2D eigenvalue weighted by Crippen LogP contribution is -2.25. The molecule has 0 aliphatic rings. The highest BCUT2D eigenvalue weighted by molar-refractivity contribution is 7.94. The number of ether oxygens (including phenoxy) is 1. The Morgan fingerprint density at radius 1 is 1.18 bits per heavy atom. The number of fused-ring (bicyclic) bond motifs is 1. The Morgan fingerprint density at radius 2 is 1.94 bits per heavy atom. The van der Waals surface area contributed by atoms with Crippen LogP contribution in [0.15, 0.2) is 68.6 Å². The molecule has 8 nitrogen and oxygen atoms in total. The van der Waals surface area contributed by atoms with Gasteiger partial charge in [-0.05, 0) is 53.9 Å². The number of hydrogen-bond donors (Lipinski definition) is 1. The van der Waals surface area contributed by atoms with E-state index in [1.54, 1.807) is 60.0 Å². The third kappa shape index (κ3) is 5.01. The van der Waals surface area contributed by atoms with Crippen LogP contribution >= 0.6 is 11.3 Å². The molecule has 0 saturated heterocycles. The van der Waals surface area contributed by atoms with E-state index < -0.39 is 10.0 Å². The summed E-state index contributed by atoms with van der Waals surface area (Å²) in [7, 11) is -2.11. The van der Waals surface area contributed by atoms with E-state index in [0.29, 0.717) is 34.1 Å². The molecule has 0 saturated carbocycles. The smallest absolute Gasteiger partial charge is 0.273 e. The van der Waals surface area contributed by atoms with Crippen molar-refractivity contribution >= 4 is 49.7 Å². The molecule has 0 bridgehead atoms. The zero-order chi connectivity index (χ0) is 23.6. The van der Waals surface area contributed by atoms with Gasteiger partial charge in [0.1, 0.15) is 15.5 Å². The number of amides is 1. The Kier molecular flexibility index (Phi) is 6.39. The number of oxazole rings is 1. The first-order valence-electron chi connectivity index (χ1n) is 10.2. The number of carbonyl (C=O) groups excluding carboxylic acids is 1. The SMILES string of the molecule is CC(C)c1nc2cc(NC(=O)COc3ccc(N(C)S(=O)(=O)c4cccs4)cc3)ccc2o1. The van der Waals surface area contributed by atoms with E-state index in [2.05, 4.69) is 10.3 Å². The summed E-state index contributed by atoms with van der Waals surface area (Å²) in [5.74, 6) is 0.938. The molecule has 172 valence electrons. The molecule has 2 aromatic carbocycles. The van der Waals surface area contributed by atoms with Gasteiger partial charge in [0.05, 0.1) is 5.69 Å². The molecule has 1 N–H and O–H groups in total. The number of rotatable bonds is 8. The maximum Gasteiger partial charge on any atom is 0.273 e. The van der Waals surface area contributed by atoms with Crippen molar-refractivity contribution in [2.75, 3.05) is 23.3 Å². The van der Waals surface area contributed by atoms with Crippen molar-refractivity contribution in [2.45, 2.75) is 24.0 Å². The van der Waals surface area contributed by atoms with E-state index in [1.807, 2.05) is 13.8 Å². The van der Waals surface area contributed by atoms with Crippen LogP contribution in [0.1, 0.15) is 25.7 Å². The predicted molar refractivity (Wildman–Crippen MR) is 129 cm³/mol. The average molecular weight is 486 g/mol. The van der Waals surface area contributed by atoms with Gasteiger partial charge in [0, 0.05) is 18.7 Å². The molecule has 2 aromatic heterocycles. The Hall–Kier alpha value is -3.37. The van der Waals surface area contributed by atoms with Crippen LogP contribution in [0.5, 0.6) is 5.75 Å². The van der Waals surface area contributed by atoms with Crippen LogP contribution in [0.4, 0.5) is 11.4 Å². The van der Waals surface area contributed by atoms with Crippen molar-refractivity contribution in [3.63, 3.8) is 0 Å². The van der Waals surface area contributed by atoms with Crippen LogP contribution in [0.2, 0.25) is 0 Å². The van der Waals surface area contributed by atoms with Gasteiger partial charge in [-0.15, -0.1) is 11.3 Å². The van der Waals surface area contributed by atoms with Crippen molar-refractivity contribution in [1.82, 2.24) is 4.98 Å². The Labute approximate surface area is 195 Å². The van der Waals surface area contributed by atoms with Gasteiger partial charge in [0.2, 0.25) is 0 Å². The van der Waals surface area contributed by atoms with Crippen LogP contribution in [0.25, 0.3) is 11.1 Å². The Balaban J connectivity index is 1.35. The number of nitrogens with zero attached hydrogens (tertiary/aromatic N) is 2. The number of anilines is 2. The van der Waals surface area contributed by atoms with Crippen molar-refractivity contribution < 1.29 is 22.4 Å². The summed E-state index contributed by atoms with van der Waals surface area (Å²) < 4.78 is 37.9. The lowest BCUT2D eigenvalue weighted by atomic mass is 10.2. The van der Waals surface area contributed by atoms with Crippen LogP contribution in [-0.2, 0) is 14.8 Å². The summed E-state index contributed by atoms with van der Waals surface area (Å²) in [4.78, 5) is 16.7. The molecule has 4 rings (SSSR count). The molecule has 0 aliphatic heterocycles. The molecular weight excluding hydrogens is 462 g/mol. The summed E-state index contributed by atoms with van der Waals surface area (Å²) >= 11 is 1.16. The number of benzene rings is 2. The fourth-order valence-electron chi connectivity index (χ4n) is 3.05. The van der Waals surface area contributed by atoms with E-state index in [1.165, 1.54) is 11.4 Å². The number of hydrogen-bond acceptors (Lipinski definition) is 7. The molecule has 2 heterocycles. The summed E-state index contributed by atoms with van der Waals surface area (Å²) in [6.45, 7) is 3.80. The summed E-state index contributed by atoms with van der Waals surface area (Å²) in [5.41, 5.74) is 2.42. The van der Waals surface area contributed by atoms with E-state index in [9.17, 15) is 13.2 Å². The molecule has 33 heavy (non-hydrogen) atoms. The zero-order valence-electron chi connectivity index (χ0n) is 18.3. The van der Waals surface area contributed by atoms with Crippen molar-refractivity contribution in [3.05, 3.63) is 65.9 Å². The van der Waals surface area contributed by atoms with Gasteiger partial charge in [0.25, 0.3) is 15.9 Å². The van der Waals surface area contributed by atoms with Crippen molar-refractivity contribution in [1.29, 1.82) is 0 Å². The van der Waals surface area contributed by atoms with Crippen LogP contribution in [0.3, 0.4) is 0 Å². The standard InChI is InChI=1S/C23H23N3O5S2/c1-15(2)23-25-19-13-16(6-11-20(19)31-23)24-21(27)14-30-18-9-7-17(8-10-18)26(3)33(28,29)22-5-4-12-32-22/h4-13,15H,14H2,1-3H3,(H,24,27). The average Bonchev–Trinajstić information content (AvgIpc) is 3.48. The maximum atomic E-state index is 12.6. The molecular formula is C23H23N3O5S2. The largest absolute Gasteiger partial charge is 0.484 e. The monoisotopic (exact) mass is 485 g/mol. The summed E-state index contributed by atoms with van der Waals surface area (Å²) in [5, 5.41) is 4.49. The predicted octanol–water partition coefficient (Wildman–Crippen LogP) is 4.86. The summed E-state index contributed by atoms with van der Waals surface area (Å²) in [6, 6.07) is 15.0. The molecule has 0 fully saturated rings. The normalized spacial score (nSPS) is 11.6. The number of aromatic nitrogens is 1. The van der Waals surface area contributed by atoms with E-state index in [-0.39, 0.29) is 22.6 Å². The third-order valence-corrected chi connectivity index (χ3v) is 8.02. The molecule has 0 aliphatic carbocycles. The lowest BCUT2D eigenvalue weighted by molar-refractivity contribution is -0.118.